The van der Waals surface area contributed by atoms with Gasteiger partial charge in [0.15, 0.2) is 5.78 Å². The number of nitro benzene ring substituents is 1. The Bertz CT molecular complexity index is 2130. The molecule has 8 rings (SSSR count). The lowest BCUT2D eigenvalue weighted by Crippen LogP contribution is -2.45. The summed E-state index contributed by atoms with van der Waals surface area (Å²) in [5.41, 5.74) is -1.35. The molecule has 1 saturated carbocycles. The van der Waals surface area contributed by atoms with Crippen molar-refractivity contribution in [3.05, 3.63) is 176 Å². The van der Waals surface area contributed by atoms with Crippen LogP contribution in [0, 0.1) is 27.8 Å². The van der Waals surface area contributed by atoms with Crippen molar-refractivity contribution in [2.45, 2.75) is 10.8 Å². The number of amides is 2. The van der Waals surface area contributed by atoms with E-state index in [1.807, 2.05) is 60.7 Å². The molecule has 49 heavy (non-hydrogen) atoms. The van der Waals surface area contributed by atoms with E-state index in [1.165, 1.54) is 0 Å². The molecule has 0 N–H and O–H groups in total. The highest BCUT2D eigenvalue weighted by atomic mass is 35.5. The average molecular weight is 690 g/mol. The van der Waals surface area contributed by atoms with Crippen molar-refractivity contribution in [3.8, 4) is 0 Å². The molecule has 1 saturated heterocycles. The Kier molecular flexibility index (Phi) is 6.96. The molecular formula is C39H23Cl2FN2O5. The molecule has 4 atom stereocenters. The lowest BCUT2D eigenvalue weighted by Gasteiger charge is -2.39. The van der Waals surface area contributed by atoms with E-state index in [2.05, 4.69) is 0 Å². The number of ketones is 1. The van der Waals surface area contributed by atoms with Crippen molar-refractivity contribution in [2.24, 2.45) is 11.8 Å². The number of halogens is 3. The molecule has 5 aromatic rings. The smallest absolute Gasteiger partial charge is 0.296 e. The summed E-state index contributed by atoms with van der Waals surface area (Å²) >= 11 is 12.7. The zero-order valence-corrected chi connectivity index (χ0v) is 26.9. The number of carbonyl (C=O) groups excluding carboxylic acids is 3. The van der Waals surface area contributed by atoms with Crippen LogP contribution in [0.4, 0.5) is 15.8 Å². The first-order valence-corrected chi connectivity index (χ1v) is 16.1. The lowest BCUT2D eigenvalue weighted by atomic mass is 9.59. The summed E-state index contributed by atoms with van der Waals surface area (Å²) in [5.74, 6) is -5.56. The number of allylic oxidation sites excluding steroid dienone is 2. The number of benzene rings is 5. The fourth-order valence-electron chi connectivity index (χ4n) is 8.43. The molecular weight excluding hydrogens is 666 g/mol. The monoisotopic (exact) mass is 688 g/mol. The molecule has 2 fully saturated rings. The topological polar surface area (TPSA) is 97.6 Å². The number of hydrogen-bond donors (Lipinski definition) is 0. The van der Waals surface area contributed by atoms with Crippen LogP contribution in [0.2, 0.25) is 10.0 Å². The first kappa shape index (κ1) is 30.9. The first-order valence-electron chi connectivity index (χ1n) is 15.4. The highest BCUT2D eigenvalue weighted by Crippen LogP contribution is 2.74. The van der Waals surface area contributed by atoms with Gasteiger partial charge in [-0.15, -0.1) is 0 Å². The van der Waals surface area contributed by atoms with Gasteiger partial charge in [-0.25, -0.2) is 9.29 Å². The van der Waals surface area contributed by atoms with Crippen LogP contribution in [-0.2, 0) is 25.2 Å². The Morgan fingerprint density at radius 3 is 1.47 bits per heavy atom. The maximum absolute atomic E-state index is 15.9. The van der Waals surface area contributed by atoms with Crippen molar-refractivity contribution in [1.29, 1.82) is 0 Å². The molecule has 2 amide bonds. The van der Waals surface area contributed by atoms with Crippen molar-refractivity contribution in [3.63, 3.8) is 0 Å². The molecule has 1 aliphatic heterocycles. The van der Waals surface area contributed by atoms with Crippen LogP contribution in [0.15, 0.2) is 127 Å². The minimum absolute atomic E-state index is 0.373. The second-order valence-electron chi connectivity index (χ2n) is 12.3. The van der Waals surface area contributed by atoms with Gasteiger partial charge in [-0.2, -0.15) is 0 Å². The first-order chi connectivity index (χ1) is 23.6. The van der Waals surface area contributed by atoms with Crippen LogP contribution in [0.25, 0.3) is 11.1 Å². The fraction of sp³-hybridized carbons (Fsp3) is 0.103. The van der Waals surface area contributed by atoms with E-state index in [0.717, 1.165) is 17.0 Å². The Hall–Kier alpha value is -5.44. The SMILES string of the molecule is O=C1[C@H]2[C@H](C(=O)N1c1ccc(F)cc1[N+](=O)[O-])[C@@]1(c3ccc(Cl)cc3)C(=O)[C@@]2(c2ccc(Cl)cc2)C(c2ccccc2)=C1c1ccccc1. The zero-order chi connectivity index (χ0) is 34.2. The number of hydrogen-bond acceptors (Lipinski definition) is 5. The van der Waals surface area contributed by atoms with E-state index in [0.29, 0.717) is 49.5 Å². The Morgan fingerprint density at radius 1 is 0.633 bits per heavy atom. The second-order valence-corrected chi connectivity index (χ2v) is 13.2. The third kappa shape index (κ3) is 4.05. The van der Waals surface area contributed by atoms with Crippen molar-refractivity contribution < 1.29 is 23.7 Å². The Labute approximate surface area is 289 Å². The van der Waals surface area contributed by atoms with Gasteiger partial charge in [0, 0.05) is 10.0 Å². The Morgan fingerprint density at radius 2 is 1.06 bits per heavy atom. The molecule has 240 valence electrons. The van der Waals surface area contributed by atoms with Gasteiger partial charge in [0.25, 0.3) is 5.69 Å². The van der Waals surface area contributed by atoms with Gasteiger partial charge in [-0.05, 0) is 69.8 Å². The summed E-state index contributed by atoms with van der Waals surface area (Å²) in [6.45, 7) is 0. The number of fused-ring (bicyclic) bond motifs is 5. The second kappa shape index (κ2) is 11.1. The molecule has 0 spiro atoms. The number of Topliss-reactive ketones (excluding diaryl/α,β-unsaturated/α-hetero) is 1. The molecule has 2 bridgehead atoms. The molecule has 5 aromatic carbocycles. The minimum atomic E-state index is -1.75. The summed E-state index contributed by atoms with van der Waals surface area (Å²) in [6.07, 6.45) is 0. The lowest BCUT2D eigenvalue weighted by molar-refractivity contribution is -0.384. The van der Waals surface area contributed by atoms with E-state index in [1.54, 1.807) is 48.5 Å². The van der Waals surface area contributed by atoms with Crippen LogP contribution in [-0.4, -0.2) is 22.5 Å². The number of rotatable bonds is 6. The highest BCUT2D eigenvalue weighted by Gasteiger charge is 2.83. The maximum Gasteiger partial charge on any atom is 0.296 e. The van der Waals surface area contributed by atoms with Gasteiger partial charge < -0.3 is 0 Å². The van der Waals surface area contributed by atoms with Crippen molar-refractivity contribution >= 4 is 63.3 Å². The predicted octanol–water partition coefficient (Wildman–Crippen LogP) is 8.23. The van der Waals surface area contributed by atoms with Gasteiger partial charge >= 0.3 is 0 Å². The number of nitrogens with zero attached hydrogens (tertiary/aromatic N) is 2. The summed E-state index contributed by atoms with van der Waals surface area (Å²) in [5, 5.41) is 13.0. The van der Waals surface area contributed by atoms with Crippen LogP contribution >= 0.6 is 23.2 Å². The summed E-state index contributed by atoms with van der Waals surface area (Å²) in [7, 11) is 0. The van der Waals surface area contributed by atoms with Crippen molar-refractivity contribution in [1.82, 2.24) is 0 Å². The third-order valence-corrected chi connectivity index (χ3v) is 10.6. The largest absolute Gasteiger partial charge is 0.297 e. The van der Waals surface area contributed by atoms with Crippen LogP contribution < -0.4 is 4.90 Å². The molecule has 0 unspecified atom stereocenters. The van der Waals surface area contributed by atoms with Crippen LogP contribution in [0.1, 0.15) is 22.3 Å². The molecule has 10 heteroatoms. The molecule has 2 aliphatic carbocycles. The number of imide groups is 1. The van der Waals surface area contributed by atoms with Crippen molar-refractivity contribution in [2.75, 3.05) is 4.90 Å². The molecule has 1 heterocycles. The van der Waals surface area contributed by atoms with Gasteiger partial charge in [-0.1, -0.05) is 108 Å². The quantitative estimate of drug-likeness (QED) is 0.102. The molecule has 0 radical (unpaired) electrons. The minimum Gasteiger partial charge on any atom is -0.297 e. The maximum atomic E-state index is 15.9. The average Bonchev–Trinajstić information content (AvgIpc) is 3.61. The molecule has 0 aromatic heterocycles. The van der Waals surface area contributed by atoms with Crippen LogP contribution in [0.5, 0.6) is 0 Å². The number of nitro groups is 1. The molecule has 3 aliphatic rings. The summed E-state index contributed by atoms with van der Waals surface area (Å²) < 4.78 is 14.3. The normalized spacial score (nSPS) is 24.1. The van der Waals surface area contributed by atoms with E-state index in [9.17, 15) is 14.5 Å². The van der Waals surface area contributed by atoms with Gasteiger partial charge in [-0.3, -0.25) is 24.5 Å². The van der Waals surface area contributed by atoms with E-state index in [-0.39, 0.29) is 11.5 Å². The van der Waals surface area contributed by atoms with Gasteiger partial charge in [0.05, 0.1) is 33.7 Å². The standard InChI is InChI=1S/C39H23Cl2FN2O5/c40-26-15-11-24(12-16-26)38-31(22-7-3-1-4-8-22)32(23-9-5-2-6-10-23)39(37(38)47,25-13-17-27(41)18-14-25)34-33(38)35(45)43(36(34)46)29-20-19-28(42)21-30(29)44(48)49/h1-21,33-34H/t33-,34-,38+,39+/m1/s1. The van der Waals surface area contributed by atoms with Gasteiger partial charge in [0.1, 0.15) is 11.5 Å². The van der Waals surface area contributed by atoms with Crippen LogP contribution in [0.3, 0.4) is 0 Å². The predicted molar refractivity (Wildman–Crippen MR) is 183 cm³/mol. The molecule has 7 nitrogen and oxygen atoms in total. The zero-order valence-electron chi connectivity index (χ0n) is 25.3. The summed E-state index contributed by atoms with van der Waals surface area (Å²) in [4.78, 5) is 58.2. The fourth-order valence-corrected chi connectivity index (χ4v) is 8.68. The van der Waals surface area contributed by atoms with Gasteiger partial charge in [0.2, 0.25) is 11.8 Å². The third-order valence-electron chi connectivity index (χ3n) is 10.1. The Balaban J connectivity index is 1.55. The highest BCUT2D eigenvalue weighted by molar-refractivity contribution is 6.39. The van der Waals surface area contributed by atoms with E-state index in [4.69, 9.17) is 23.2 Å². The van der Waals surface area contributed by atoms with E-state index >= 15 is 14.4 Å². The van der Waals surface area contributed by atoms with E-state index < -0.39 is 50.9 Å². The number of carbonyl (C=O) groups is 3. The number of anilines is 1. The summed E-state index contributed by atoms with van der Waals surface area (Å²) in [6, 6.07) is 34.4.